The van der Waals surface area contributed by atoms with Gasteiger partial charge in [0, 0.05) is 12.6 Å². The van der Waals surface area contributed by atoms with Crippen molar-refractivity contribution in [3.8, 4) is 11.4 Å². The molecule has 0 atom stereocenters. The molecule has 0 radical (unpaired) electrons. The highest BCUT2D eigenvalue weighted by Crippen LogP contribution is 2.13. The topological polar surface area (TPSA) is 67.6 Å². The van der Waals surface area contributed by atoms with E-state index >= 15 is 0 Å². The predicted molar refractivity (Wildman–Crippen MR) is 85.6 cm³/mol. The average Bonchev–Trinajstić information content (AvgIpc) is 2.79. The maximum atomic E-state index is 5.45. The Labute approximate surface area is 131 Å². The summed E-state index contributed by atoms with van der Waals surface area (Å²) in [6, 6.07) is 5.84. The van der Waals surface area contributed by atoms with Gasteiger partial charge in [-0.1, -0.05) is 6.07 Å². The molecule has 0 aliphatic rings. The van der Waals surface area contributed by atoms with Crippen LogP contribution < -0.4 is 5.73 Å². The Bertz CT molecular complexity index is 434. The molecule has 0 spiro atoms. The van der Waals surface area contributed by atoms with Gasteiger partial charge in [0.25, 0.3) is 0 Å². The first-order chi connectivity index (χ1) is 7.90. The average molecular weight is 326 g/mol. The SMILES string of the molecule is Cl.Cl.Cl.NCCCCc1ncc(-c2ccccn2)[nH]1. The van der Waals surface area contributed by atoms with Gasteiger partial charge in [-0.25, -0.2) is 4.98 Å². The quantitative estimate of drug-likeness (QED) is 0.830. The zero-order valence-electron chi connectivity index (χ0n) is 10.4. The van der Waals surface area contributed by atoms with Gasteiger partial charge in [-0.15, -0.1) is 37.2 Å². The molecule has 4 nitrogen and oxygen atoms in total. The first-order valence-corrected chi connectivity index (χ1v) is 5.55. The minimum absolute atomic E-state index is 0. The summed E-state index contributed by atoms with van der Waals surface area (Å²) in [6.45, 7) is 0.744. The zero-order chi connectivity index (χ0) is 11.2. The van der Waals surface area contributed by atoms with Gasteiger partial charge in [0.05, 0.1) is 17.6 Å². The van der Waals surface area contributed by atoms with Crippen LogP contribution in [0.2, 0.25) is 0 Å². The van der Waals surface area contributed by atoms with E-state index in [1.54, 1.807) is 6.20 Å². The number of hydrogen-bond acceptors (Lipinski definition) is 3. The van der Waals surface area contributed by atoms with E-state index in [1.165, 1.54) is 0 Å². The second-order valence-corrected chi connectivity index (χ2v) is 3.70. The maximum Gasteiger partial charge on any atom is 0.106 e. The van der Waals surface area contributed by atoms with Crippen LogP contribution in [0.1, 0.15) is 18.7 Å². The third-order valence-corrected chi connectivity index (χ3v) is 2.44. The molecule has 108 valence electrons. The summed E-state index contributed by atoms with van der Waals surface area (Å²) in [6.07, 6.45) is 6.68. The third kappa shape index (κ3) is 6.25. The fourth-order valence-electron chi connectivity index (χ4n) is 1.58. The predicted octanol–water partition coefficient (Wildman–Crippen LogP) is 3.02. The van der Waals surface area contributed by atoms with Crippen LogP contribution in [0, 0.1) is 0 Å². The molecule has 0 aliphatic carbocycles. The van der Waals surface area contributed by atoms with E-state index in [0.29, 0.717) is 0 Å². The lowest BCUT2D eigenvalue weighted by Crippen LogP contribution is -1.99. The lowest BCUT2D eigenvalue weighted by molar-refractivity contribution is 0.723. The highest BCUT2D eigenvalue weighted by Gasteiger charge is 2.03. The molecule has 19 heavy (non-hydrogen) atoms. The zero-order valence-corrected chi connectivity index (χ0v) is 12.9. The van der Waals surface area contributed by atoms with Crippen molar-refractivity contribution in [2.75, 3.05) is 6.54 Å². The lowest BCUT2D eigenvalue weighted by Gasteiger charge is -1.96. The maximum absolute atomic E-state index is 5.45. The number of nitrogens with two attached hydrogens (primary N) is 1. The molecule has 3 N–H and O–H groups in total. The largest absolute Gasteiger partial charge is 0.341 e. The van der Waals surface area contributed by atoms with Crippen LogP contribution in [0.4, 0.5) is 0 Å². The minimum atomic E-state index is 0. The van der Waals surface area contributed by atoms with Crippen LogP contribution in [0.3, 0.4) is 0 Å². The number of unbranched alkanes of at least 4 members (excludes halogenated alkanes) is 1. The van der Waals surface area contributed by atoms with Gasteiger partial charge in [0.15, 0.2) is 0 Å². The van der Waals surface area contributed by atoms with Gasteiger partial charge in [-0.05, 0) is 31.5 Å². The summed E-state index contributed by atoms with van der Waals surface area (Å²) in [7, 11) is 0. The Morgan fingerprint density at radius 3 is 2.47 bits per heavy atom. The van der Waals surface area contributed by atoms with E-state index in [-0.39, 0.29) is 37.2 Å². The van der Waals surface area contributed by atoms with Gasteiger partial charge >= 0.3 is 0 Å². The van der Waals surface area contributed by atoms with Crippen LogP contribution in [0.5, 0.6) is 0 Å². The molecule has 0 amide bonds. The highest BCUT2D eigenvalue weighted by atomic mass is 35.5. The first kappa shape index (κ1) is 20.5. The van der Waals surface area contributed by atoms with Gasteiger partial charge in [-0.2, -0.15) is 0 Å². The van der Waals surface area contributed by atoms with E-state index in [1.807, 2.05) is 24.4 Å². The summed E-state index contributed by atoms with van der Waals surface area (Å²) in [5.41, 5.74) is 7.35. The van der Waals surface area contributed by atoms with Crippen LogP contribution in [0.25, 0.3) is 11.4 Å². The van der Waals surface area contributed by atoms with E-state index < -0.39 is 0 Å². The smallest absolute Gasteiger partial charge is 0.106 e. The fraction of sp³-hybridized carbons (Fsp3) is 0.333. The minimum Gasteiger partial charge on any atom is -0.341 e. The molecule has 0 saturated heterocycles. The number of nitrogens with zero attached hydrogens (tertiary/aromatic N) is 2. The molecule has 0 bridgehead atoms. The number of rotatable bonds is 5. The second-order valence-electron chi connectivity index (χ2n) is 3.70. The Morgan fingerprint density at radius 1 is 1.05 bits per heavy atom. The molecule has 2 aromatic rings. The summed E-state index contributed by atoms with van der Waals surface area (Å²) in [4.78, 5) is 11.9. The summed E-state index contributed by atoms with van der Waals surface area (Å²) >= 11 is 0. The monoisotopic (exact) mass is 324 g/mol. The number of halogens is 3. The van der Waals surface area contributed by atoms with Crippen molar-refractivity contribution in [1.82, 2.24) is 15.0 Å². The molecule has 2 rings (SSSR count). The Hall–Kier alpha value is -0.810. The Morgan fingerprint density at radius 2 is 1.84 bits per heavy atom. The first-order valence-electron chi connectivity index (χ1n) is 5.55. The molecule has 0 saturated carbocycles. The molecule has 0 aromatic carbocycles. The number of H-pyrrole nitrogens is 1. The van der Waals surface area contributed by atoms with Gasteiger partial charge in [0.2, 0.25) is 0 Å². The molecule has 0 unspecified atom stereocenters. The molecule has 0 aliphatic heterocycles. The van der Waals surface area contributed by atoms with Gasteiger partial charge in [0.1, 0.15) is 5.82 Å². The van der Waals surface area contributed by atoms with Crippen molar-refractivity contribution >= 4 is 37.2 Å². The number of pyridine rings is 1. The van der Waals surface area contributed by atoms with Gasteiger partial charge < -0.3 is 10.7 Å². The highest BCUT2D eigenvalue weighted by molar-refractivity contribution is 5.86. The number of imidazole rings is 1. The molecule has 7 heteroatoms. The number of hydrogen-bond donors (Lipinski definition) is 2. The van der Waals surface area contributed by atoms with Crippen LogP contribution >= 0.6 is 37.2 Å². The Balaban J connectivity index is 0. The lowest BCUT2D eigenvalue weighted by atomic mass is 10.2. The van der Waals surface area contributed by atoms with Crippen molar-refractivity contribution in [3.63, 3.8) is 0 Å². The van der Waals surface area contributed by atoms with E-state index in [4.69, 9.17) is 5.73 Å². The number of aromatic nitrogens is 3. The Kier molecular flexibility index (Phi) is 11.9. The second kappa shape index (κ2) is 11.1. The standard InChI is InChI=1S/C12H16N4.3ClH/c13-7-3-1-6-12-15-9-11(16-12)10-5-2-4-8-14-10;;;/h2,4-5,8-9H,1,3,6-7,13H2,(H,15,16);3*1H. The van der Waals surface area contributed by atoms with Crippen LogP contribution in [0.15, 0.2) is 30.6 Å². The molecular weight excluding hydrogens is 307 g/mol. The summed E-state index contributed by atoms with van der Waals surface area (Å²) in [5.74, 6) is 1.01. The molecule has 2 aromatic heterocycles. The normalized spacial score (nSPS) is 8.89. The summed E-state index contributed by atoms with van der Waals surface area (Å²) in [5, 5.41) is 0. The number of aryl methyl sites for hydroxylation is 1. The molecule has 0 fully saturated rings. The molecule has 2 heterocycles. The van der Waals surface area contributed by atoms with Gasteiger partial charge in [-0.3, -0.25) is 4.98 Å². The third-order valence-electron chi connectivity index (χ3n) is 2.44. The van der Waals surface area contributed by atoms with Crippen molar-refractivity contribution in [2.24, 2.45) is 5.73 Å². The molecular formula is C12H19Cl3N4. The van der Waals surface area contributed by atoms with Crippen LogP contribution in [-0.2, 0) is 6.42 Å². The summed E-state index contributed by atoms with van der Waals surface area (Å²) < 4.78 is 0. The van der Waals surface area contributed by atoms with E-state index in [2.05, 4.69) is 15.0 Å². The number of nitrogens with one attached hydrogen (secondary N) is 1. The number of aromatic amines is 1. The van der Waals surface area contributed by atoms with Crippen LogP contribution in [-0.4, -0.2) is 21.5 Å². The van der Waals surface area contributed by atoms with Crippen molar-refractivity contribution in [1.29, 1.82) is 0 Å². The van der Waals surface area contributed by atoms with E-state index in [9.17, 15) is 0 Å². The van der Waals surface area contributed by atoms with Crippen molar-refractivity contribution in [2.45, 2.75) is 19.3 Å². The fourth-order valence-corrected chi connectivity index (χ4v) is 1.58. The van der Waals surface area contributed by atoms with Crippen molar-refractivity contribution in [3.05, 3.63) is 36.4 Å². The van der Waals surface area contributed by atoms with E-state index in [0.717, 1.165) is 43.0 Å². The van der Waals surface area contributed by atoms with Crippen molar-refractivity contribution < 1.29 is 0 Å².